The van der Waals surface area contributed by atoms with Crippen molar-refractivity contribution >= 4 is 58.2 Å². The number of carbonyl (C=O) groups excluding carboxylic acids is 2. The Labute approximate surface area is 213 Å². The summed E-state index contributed by atoms with van der Waals surface area (Å²) in [6, 6.07) is 19.0. The number of halogens is 4. The lowest BCUT2D eigenvalue weighted by Gasteiger charge is -2.31. The van der Waals surface area contributed by atoms with Crippen molar-refractivity contribution in [2.24, 2.45) is 0 Å². The van der Waals surface area contributed by atoms with Crippen molar-refractivity contribution in [2.45, 2.75) is 25.4 Å². The maximum absolute atomic E-state index is 13.6. The van der Waals surface area contributed by atoms with Crippen LogP contribution in [0, 0.1) is 0 Å². The minimum absolute atomic E-state index is 0.0535. The molecule has 1 N–H and O–H groups in total. The Hall–Kier alpha value is -2.24. The van der Waals surface area contributed by atoms with E-state index in [1.807, 2.05) is 30.3 Å². The van der Waals surface area contributed by atoms with Crippen molar-refractivity contribution < 1.29 is 9.59 Å². The molecule has 3 rings (SSSR count). The molecule has 0 radical (unpaired) electrons. The summed E-state index contributed by atoms with van der Waals surface area (Å²) in [5.74, 6) is -0.571. The van der Waals surface area contributed by atoms with Crippen LogP contribution in [0.3, 0.4) is 0 Å². The van der Waals surface area contributed by atoms with Crippen molar-refractivity contribution in [3.8, 4) is 0 Å². The molecular weight excluding hydrogens is 502 g/mol. The number of nitrogens with one attached hydrogen (secondary N) is 1. The minimum Gasteiger partial charge on any atom is -0.357 e. The van der Waals surface area contributed by atoms with Crippen LogP contribution in [0.1, 0.15) is 16.7 Å². The van der Waals surface area contributed by atoms with Gasteiger partial charge in [0.15, 0.2) is 0 Å². The average Bonchev–Trinajstić information content (AvgIpc) is 2.81. The zero-order chi connectivity index (χ0) is 24.0. The summed E-state index contributed by atoms with van der Waals surface area (Å²) in [6.45, 7) is 0.155. The second-order valence-corrected chi connectivity index (χ2v) is 9.10. The summed E-state index contributed by atoms with van der Waals surface area (Å²) in [4.78, 5) is 28.1. The second kappa shape index (κ2) is 11.8. The lowest BCUT2D eigenvalue weighted by atomic mass is 10.0. The van der Waals surface area contributed by atoms with Crippen molar-refractivity contribution in [3.05, 3.63) is 104 Å². The van der Waals surface area contributed by atoms with Crippen LogP contribution < -0.4 is 5.32 Å². The summed E-state index contributed by atoms with van der Waals surface area (Å²) in [7, 11) is 1.55. The van der Waals surface area contributed by atoms with Crippen molar-refractivity contribution in [1.82, 2.24) is 10.2 Å². The van der Waals surface area contributed by atoms with Gasteiger partial charge in [0.2, 0.25) is 11.8 Å². The lowest BCUT2D eigenvalue weighted by molar-refractivity contribution is -0.140. The Kier molecular flexibility index (Phi) is 9.04. The number of likely N-dealkylation sites (N-methyl/N-ethyl adjacent to an activating group) is 1. The smallest absolute Gasteiger partial charge is 0.242 e. The molecule has 3 aromatic carbocycles. The quantitative estimate of drug-likeness (QED) is 0.380. The molecule has 0 saturated carbocycles. The largest absolute Gasteiger partial charge is 0.357 e. The van der Waals surface area contributed by atoms with Gasteiger partial charge in [0.05, 0.1) is 16.5 Å². The van der Waals surface area contributed by atoms with Gasteiger partial charge >= 0.3 is 0 Å². The Morgan fingerprint density at radius 3 is 2.09 bits per heavy atom. The van der Waals surface area contributed by atoms with Gasteiger partial charge in [-0.25, -0.2) is 0 Å². The predicted octanol–water partition coefficient (Wildman–Crippen LogP) is 6.23. The van der Waals surface area contributed by atoms with Gasteiger partial charge in [0, 0.05) is 30.1 Å². The highest BCUT2D eigenvalue weighted by molar-refractivity contribution is 6.42. The molecule has 0 spiro atoms. The molecular formula is C25H22Cl4N2O2. The number of amides is 2. The van der Waals surface area contributed by atoms with Gasteiger partial charge in [-0.2, -0.15) is 0 Å². The Morgan fingerprint density at radius 2 is 1.48 bits per heavy atom. The first-order valence-electron chi connectivity index (χ1n) is 10.2. The molecule has 0 heterocycles. The topological polar surface area (TPSA) is 49.4 Å². The van der Waals surface area contributed by atoms with Crippen molar-refractivity contribution in [1.29, 1.82) is 0 Å². The van der Waals surface area contributed by atoms with Crippen LogP contribution in [0.5, 0.6) is 0 Å². The van der Waals surface area contributed by atoms with Crippen LogP contribution >= 0.6 is 46.4 Å². The molecule has 0 aliphatic carbocycles. The van der Waals surface area contributed by atoms with Crippen molar-refractivity contribution in [2.75, 3.05) is 7.05 Å². The van der Waals surface area contributed by atoms with Gasteiger partial charge in [-0.05, 0) is 41.0 Å². The normalized spacial score (nSPS) is 11.7. The molecule has 0 bridgehead atoms. The zero-order valence-electron chi connectivity index (χ0n) is 17.8. The SMILES string of the molecule is CNC(=O)[C@H](Cc1ccccc1)N(Cc1ccc(Cl)c(Cl)c1)C(=O)Cc1c(Cl)cccc1Cl. The molecule has 172 valence electrons. The Bertz CT molecular complexity index is 1120. The summed E-state index contributed by atoms with van der Waals surface area (Å²) in [5, 5.41) is 4.25. The molecule has 2 amide bonds. The highest BCUT2D eigenvalue weighted by Crippen LogP contribution is 2.27. The molecule has 0 aliphatic rings. The summed E-state index contributed by atoms with van der Waals surface area (Å²) >= 11 is 24.9. The maximum Gasteiger partial charge on any atom is 0.242 e. The number of nitrogens with zero attached hydrogens (tertiary/aromatic N) is 1. The fourth-order valence-electron chi connectivity index (χ4n) is 3.51. The second-order valence-electron chi connectivity index (χ2n) is 7.47. The number of benzene rings is 3. The molecule has 33 heavy (non-hydrogen) atoms. The van der Waals surface area contributed by atoms with Gasteiger partial charge in [-0.1, -0.05) is 88.9 Å². The zero-order valence-corrected chi connectivity index (χ0v) is 20.8. The molecule has 0 fully saturated rings. The number of carbonyl (C=O) groups is 2. The standard InChI is InChI=1S/C25H22Cl4N2O2/c1-30-25(33)23(13-16-6-3-2-4-7-16)31(15-17-10-11-21(28)22(29)12-17)24(32)14-18-19(26)8-5-9-20(18)27/h2-12,23H,13-15H2,1H3,(H,30,33)/t23-/m0/s1. The first-order valence-corrected chi connectivity index (χ1v) is 11.7. The van der Waals surface area contributed by atoms with Gasteiger partial charge in [0.25, 0.3) is 0 Å². The van der Waals surface area contributed by atoms with E-state index in [1.54, 1.807) is 43.4 Å². The van der Waals surface area contributed by atoms with Gasteiger partial charge in [-0.15, -0.1) is 0 Å². The van der Waals surface area contributed by atoms with Crippen LogP contribution in [0.4, 0.5) is 0 Å². The predicted molar refractivity (Wildman–Crippen MR) is 135 cm³/mol. The van der Waals surface area contributed by atoms with E-state index in [0.29, 0.717) is 32.1 Å². The van der Waals surface area contributed by atoms with E-state index in [0.717, 1.165) is 11.1 Å². The number of rotatable bonds is 8. The van der Waals surface area contributed by atoms with E-state index in [9.17, 15) is 9.59 Å². The highest BCUT2D eigenvalue weighted by Gasteiger charge is 2.30. The molecule has 4 nitrogen and oxygen atoms in total. The van der Waals surface area contributed by atoms with Crippen LogP contribution in [0.15, 0.2) is 66.7 Å². The van der Waals surface area contributed by atoms with Crippen LogP contribution in [-0.4, -0.2) is 29.8 Å². The summed E-state index contributed by atoms with van der Waals surface area (Å²) < 4.78 is 0. The third-order valence-electron chi connectivity index (χ3n) is 5.24. The first kappa shape index (κ1) is 25.4. The van der Waals surface area contributed by atoms with Crippen LogP contribution in [-0.2, 0) is 29.0 Å². The molecule has 0 unspecified atom stereocenters. The molecule has 0 aromatic heterocycles. The highest BCUT2D eigenvalue weighted by atomic mass is 35.5. The monoisotopic (exact) mass is 522 g/mol. The third-order valence-corrected chi connectivity index (χ3v) is 6.69. The summed E-state index contributed by atoms with van der Waals surface area (Å²) in [5.41, 5.74) is 2.18. The maximum atomic E-state index is 13.6. The molecule has 8 heteroatoms. The van der Waals surface area contributed by atoms with E-state index in [4.69, 9.17) is 46.4 Å². The van der Waals surface area contributed by atoms with Crippen molar-refractivity contribution in [3.63, 3.8) is 0 Å². The lowest BCUT2D eigenvalue weighted by Crippen LogP contribution is -2.50. The Morgan fingerprint density at radius 1 is 0.818 bits per heavy atom. The number of hydrogen-bond acceptors (Lipinski definition) is 2. The van der Waals surface area contributed by atoms with E-state index >= 15 is 0 Å². The van der Waals surface area contributed by atoms with Gasteiger partial charge in [-0.3, -0.25) is 9.59 Å². The summed E-state index contributed by atoms with van der Waals surface area (Å²) in [6.07, 6.45) is 0.284. The van der Waals surface area contributed by atoms with Gasteiger partial charge in [0.1, 0.15) is 6.04 Å². The average molecular weight is 524 g/mol. The fraction of sp³-hybridized carbons (Fsp3) is 0.200. The third kappa shape index (κ3) is 6.64. The van der Waals surface area contributed by atoms with E-state index < -0.39 is 6.04 Å². The molecule has 1 atom stereocenters. The molecule has 3 aromatic rings. The van der Waals surface area contributed by atoms with Gasteiger partial charge < -0.3 is 10.2 Å². The van der Waals surface area contributed by atoms with Crippen LogP contribution in [0.25, 0.3) is 0 Å². The number of hydrogen-bond donors (Lipinski definition) is 1. The Balaban J connectivity index is 2.00. The molecule has 0 saturated heterocycles. The fourth-order valence-corrected chi connectivity index (χ4v) is 4.36. The van der Waals surface area contributed by atoms with E-state index in [-0.39, 0.29) is 24.8 Å². The van der Waals surface area contributed by atoms with Crippen LogP contribution in [0.2, 0.25) is 20.1 Å². The first-order chi connectivity index (χ1) is 15.8. The van der Waals surface area contributed by atoms with E-state index in [1.165, 1.54) is 4.90 Å². The minimum atomic E-state index is -0.763. The molecule has 0 aliphatic heterocycles. The van der Waals surface area contributed by atoms with E-state index in [2.05, 4.69) is 5.32 Å².